The van der Waals surface area contributed by atoms with E-state index in [0.29, 0.717) is 18.9 Å². The van der Waals surface area contributed by atoms with Crippen LogP contribution < -0.4 is 10.2 Å². The fourth-order valence-corrected chi connectivity index (χ4v) is 2.86. The third kappa shape index (κ3) is 4.16. The number of anilines is 2. The van der Waals surface area contributed by atoms with Gasteiger partial charge in [0, 0.05) is 29.5 Å². The quantitative estimate of drug-likeness (QED) is 0.888. The first-order valence-corrected chi connectivity index (χ1v) is 8.27. The zero-order chi connectivity index (χ0) is 18.7. The Labute approximate surface area is 149 Å². The Kier molecular flexibility index (Phi) is 5.18. The van der Waals surface area contributed by atoms with E-state index < -0.39 is 17.6 Å². The predicted octanol–water partition coefficient (Wildman–Crippen LogP) is 4.18. The first-order valence-electron chi connectivity index (χ1n) is 8.27. The number of carbonyl (C=O) groups is 1. The Bertz CT molecular complexity index is 758. The molecule has 1 N–H and O–H groups in total. The van der Waals surface area contributed by atoms with Crippen molar-refractivity contribution in [3.63, 3.8) is 0 Å². The summed E-state index contributed by atoms with van der Waals surface area (Å²) in [5.74, 6) is -0.453. The van der Waals surface area contributed by atoms with Crippen molar-refractivity contribution in [2.75, 3.05) is 30.0 Å². The summed E-state index contributed by atoms with van der Waals surface area (Å²) < 4.78 is 43.1. The predicted molar refractivity (Wildman–Crippen MR) is 93.5 cm³/mol. The molecular weight excluding hydrogens is 345 g/mol. The van der Waals surface area contributed by atoms with Crippen LogP contribution in [0.2, 0.25) is 0 Å². The van der Waals surface area contributed by atoms with Crippen LogP contribution in [0.3, 0.4) is 0 Å². The zero-order valence-electron chi connectivity index (χ0n) is 14.2. The van der Waals surface area contributed by atoms with Crippen molar-refractivity contribution < 1.29 is 22.7 Å². The van der Waals surface area contributed by atoms with Crippen molar-refractivity contribution in [2.45, 2.75) is 19.1 Å². The number of benzene rings is 2. The lowest BCUT2D eigenvalue weighted by Gasteiger charge is -2.35. The Morgan fingerprint density at radius 1 is 1.12 bits per heavy atom. The van der Waals surface area contributed by atoms with Crippen LogP contribution in [-0.2, 0) is 10.9 Å². The maximum absolute atomic E-state index is 12.6. The number of carbonyl (C=O) groups excluding carboxylic acids is 1. The number of halogens is 3. The number of ether oxygens (including phenoxy) is 1. The average molecular weight is 364 g/mol. The van der Waals surface area contributed by atoms with E-state index in [9.17, 15) is 18.0 Å². The topological polar surface area (TPSA) is 41.6 Å². The van der Waals surface area contributed by atoms with E-state index in [4.69, 9.17) is 4.74 Å². The first kappa shape index (κ1) is 18.3. The molecule has 0 radical (unpaired) electrons. The van der Waals surface area contributed by atoms with E-state index in [0.717, 1.165) is 24.4 Å². The Balaban J connectivity index is 1.66. The van der Waals surface area contributed by atoms with Crippen LogP contribution in [0.4, 0.5) is 24.5 Å². The van der Waals surface area contributed by atoms with Gasteiger partial charge in [0.2, 0.25) is 0 Å². The van der Waals surface area contributed by atoms with Gasteiger partial charge >= 0.3 is 6.18 Å². The second-order valence-electron chi connectivity index (χ2n) is 6.19. The van der Waals surface area contributed by atoms with Gasteiger partial charge in [-0.05, 0) is 55.5 Å². The summed E-state index contributed by atoms with van der Waals surface area (Å²) in [6, 6.07) is 11.8. The Morgan fingerprint density at radius 3 is 2.35 bits per heavy atom. The molecule has 1 fully saturated rings. The highest BCUT2D eigenvalue weighted by atomic mass is 19.4. The average Bonchev–Trinajstić information content (AvgIpc) is 2.62. The van der Waals surface area contributed by atoms with Gasteiger partial charge in [-0.2, -0.15) is 13.2 Å². The highest BCUT2D eigenvalue weighted by Gasteiger charge is 2.30. The summed E-state index contributed by atoms with van der Waals surface area (Å²) in [5, 5.41) is 2.69. The maximum Gasteiger partial charge on any atom is 0.416 e. The number of morpholine rings is 1. The minimum atomic E-state index is -4.42. The number of alkyl halides is 3. The molecular formula is C19H19F3N2O2. The van der Waals surface area contributed by atoms with Crippen LogP contribution in [0.15, 0.2) is 48.5 Å². The van der Waals surface area contributed by atoms with Gasteiger partial charge in [0.25, 0.3) is 5.91 Å². The molecule has 0 bridgehead atoms. The molecule has 1 aliphatic heterocycles. The van der Waals surface area contributed by atoms with Gasteiger partial charge in [0.05, 0.1) is 18.8 Å². The van der Waals surface area contributed by atoms with E-state index in [1.807, 2.05) is 12.1 Å². The molecule has 2 aromatic carbocycles. The molecule has 4 nitrogen and oxygen atoms in total. The lowest BCUT2D eigenvalue weighted by Crippen LogP contribution is -2.43. The van der Waals surface area contributed by atoms with Gasteiger partial charge < -0.3 is 15.0 Å². The van der Waals surface area contributed by atoms with Crippen LogP contribution in [0.5, 0.6) is 0 Å². The molecule has 0 aliphatic carbocycles. The lowest BCUT2D eigenvalue weighted by atomic mass is 10.1. The molecule has 1 amide bonds. The zero-order valence-corrected chi connectivity index (χ0v) is 14.2. The van der Waals surface area contributed by atoms with Crippen LogP contribution in [0.1, 0.15) is 22.8 Å². The van der Waals surface area contributed by atoms with Gasteiger partial charge in [-0.3, -0.25) is 4.79 Å². The SMILES string of the molecule is CC1COCCN1c1ccc(NC(=O)c2ccc(C(F)(F)F)cc2)cc1. The smallest absolute Gasteiger partial charge is 0.377 e. The molecule has 0 saturated carbocycles. The molecule has 7 heteroatoms. The summed E-state index contributed by atoms with van der Waals surface area (Å²) in [5.41, 5.74) is 1.01. The number of nitrogens with zero attached hydrogens (tertiary/aromatic N) is 1. The molecule has 1 saturated heterocycles. The van der Waals surface area contributed by atoms with Crippen molar-refractivity contribution in [3.8, 4) is 0 Å². The Hall–Kier alpha value is -2.54. The van der Waals surface area contributed by atoms with E-state index >= 15 is 0 Å². The van der Waals surface area contributed by atoms with E-state index in [-0.39, 0.29) is 11.6 Å². The number of amides is 1. The largest absolute Gasteiger partial charge is 0.416 e. The van der Waals surface area contributed by atoms with Crippen molar-refractivity contribution in [2.24, 2.45) is 0 Å². The van der Waals surface area contributed by atoms with Crippen LogP contribution in [0, 0.1) is 0 Å². The van der Waals surface area contributed by atoms with Crippen molar-refractivity contribution in [1.82, 2.24) is 0 Å². The molecule has 1 unspecified atom stereocenters. The Morgan fingerprint density at radius 2 is 1.77 bits per heavy atom. The van der Waals surface area contributed by atoms with E-state index in [2.05, 4.69) is 17.1 Å². The highest BCUT2D eigenvalue weighted by Crippen LogP contribution is 2.29. The minimum absolute atomic E-state index is 0.170. The highest BCUT2D eigenvalue weighted by molar-refractivity contribution is 6.04. The molecule has 2 aromatic rings. The third-order valence-electron chi connectivity index (χ3n) is 4.30. The van der Waals surface area contributed by atoms with Crippen molar-refractivity contribution in [1.29, 1.82) is 0 Å². The normalized spacial score (nSPS) is 17.8. The van der Waals surface area contributed by atoms with E-state index in [1.165, 1.54) is 12.1 Å². The molecule has 0 spiro atoms. The van der Waals surface area contributed by atoms with Gasteiger partial charge in [-0.25, -0.2) is 0 Å². The summed E-state index contributed by atoms with van der Waals surface area (Å²) in [6.07, 6.45) is -4.42. The molecule has 1 aliphatic rings. The summed E-state index contributed by atoms with van der Waals surface area (Å²) in [7, 11) is 0. The van der Waals surface area contributed by atoms with Gasteiger partial charge in [0.1, 0.15) is 0 Å². The van der Waals surface area contributed by atoms with Crippen molar-refractivity contribution >= 4 is 17.3 Å². The van der Waals surface area contributed by atoms with Gasteiger partial charge in [-0.1, -0.05) is 0 Å². The summed E-state index contributed by atoms with van der Waals surface area (Å²) in [4.78, 5) is 14.4. The maximum atomic E-state index is 12.6. The fraction of sp³-hybridized carbons (Fsp3) is 0.316. The lowest BCUT2D eigenvalue weighted by molar-refractivity contribution is -0.137. The van der Waals surface area contributed by atoms with Crippen molar-refractivity contribution in [3.05, 3.63) is 59.7 Å². The molecule has 1 atom stereocenters. The fourth-order valence-electron chi connectivity index (χ4n) is 2.86. The molecule has 3 rings (SSSR count). The second-order valence-corrected chi connectivity index (χ2v) is 6.19. The number of nitrogens with one attached hydrogen (secondary N) is 1. The first-order chi connectivity index (χ1) is 12.3. The van der Waals surface area contributed by atoms with Gasteiger partial charge in [0.15, 0.2) is 0 Å². The summed E-state index contributed by atoms with van der Waals surface area (Å²) >= 11 is 0. The van der Waals surface area contributed by atoms with Crippen LogP contribution >= 0.6 is 0 Å². The molecule has 0 aromatic heterocycles. The monoisotopic (exact) mass is 364 g/mol. The minimum Gasteiger partial charge on any atom is -0.377 e. The standard InChI is InChI=1S/C19H19F3N2O2/c1-13-12-26-11-10-24(13)17-8-6-16(7-9-17)23-18(25)14-2-4-15(5-3-14)19(20,21)22/h2-9,13H,10-12H2,1H3,(H,23,25). The van der Waals surface area contributed by atoms with E-state index in [1.54, 1.807) is 12.1 Å². The molecule has 26 heavy (non-hydrogen) atoms. The molecule has 1 heterocycles. The number of rotatable bonds is 3. The summed E-state index contributed by atoms with van der Waals surface area (Å²) in [6.45, 7) is 4.24. The van der Waals surface area contributed by atoms with Crippen LogP contribution in [0.25, 0.3) is 0 Å². The third-order valence-corrected chi connectivity index (χ3v) is 4.30. The number of hydrogen-bond acceptors (Lipinski definition) is 3. The van der Waals surface area contributed by atoms with Crippen LogP contribution in [-0.4, -0.2) is 31.7 Å². The second kappa shape index (κ2) is 7.37. The van der Waals surface area contributed by atoms with Gasteiger partial charge in [-0.15, -0.1) is 0 Å². The number of hydrogen-bond donors (Lipinski definition) is 1. The molecule has 138 valence electrons.